The molecule has 3 rings (SSSR count). The molecule has 0 saturated carbocycles. The molecule has 280 valence electrons. The molecular weight excluding hydrogens is 642 g/mol. The third-order valence-corrected chi connectivity index (χ3v) is 8.43. The highest BCUT2D eigenvalue weighted by Gasteiger charge is 2.34. The number of hydrogen-bond donors (Lipinski definition) is 1. The molecule has 0 aromatic heterocycles. The van der Waals surface area contributed by atoms with E-state index in [9.17, 15) is 18.4 Å². The van der Waals surface area contributed by atoms with Gasteiger partial charge in [-0.3, -0.25) is 9.69 Å². The Labute approximate surface area is 298 Å². The Morgan fingerprint density at radius 1 is 1.12 bits per heavy atom. The molecule has 1 heterocycles. The van der Waals surface area contributed by atoms with Gasteiger partial charge in [0.1, 0.15) is 6.61 Å². The van der Waals surface area contributed by atoms with E-state index in [4.69, 9.17) is 18.9 Å². The molecule has 1 aromatic rings. The topological polar surface area (TPSA) is 86.3 Å². The molecule has 2 unspecified atom stereocenters. The van der Waals surface area contributed by atoms with Crippen LogP contribution in [0.25, 0.3) is 6.08 Å². The smallest absolute Gasteiger partial charge is 0.414 e. The molecule has 0 spiro atoms. The molecule has 0 radical (unpaired) electrons. The van der Waals surface area contributed by atoms with Crippen molar-refractivity contribution >= 4 is 24.3 Å². The van der Waals surface area contributed by atoms with Gasteiger partial charge in [0.05, 0.1) is 31.6 Å². The van der Waals surface area contributed by atoms with Crippen molar-refractivity contribution in [2.45, 2.75) is 124 Å². The number of nitrogens with one attached hydrogen (secondary N) is 1. The molecule has 1 aromatic carbocycles. The van der Waals surface area contributed by atoms with E-state index in [1.54, 1.807) is 29.2 Å². The predicted molar refractivity (Wildman–Crippen MR) is 197 cm³/mol. The first-order valence-electron chi connectivity index (χ1n) is 18.3. The second-order valence-electron chi connectivity index (χ2n) is 12.6. The van der Waals surface area contributed by atoms with E-state index in [2.05, 4.69) is 46.0 Å². The summed E-state index contributed by atoms with van der Waals surface area (Å²) in [5.74, 6) is -2.15. The summed E-state index contributed by atoms with van der Waals surface area (Å²) >= 11 is 0. The van der Waals surface area contributed by atoms with E-state index in [0.717, 1.165) is 62.5 Å². The lowest BCUT2D eigenvalue weighted by Gasteiger charge is -2.23. The van der Waals surface area contributed by atoms with Crippen molar-refractivity contribution in [2.24, 2.45) is 0 Å². The van der Waals surface area contributed by atoms with Gasteiger partial charge in [-0.15, -0.1) is 0 Å². The van der Waals surface area contributed by atoms with Crippen LogP contribution in [0.2, 0.25) is 0 Å². The van der Waals surface area contributed by atoms with Crippen LogP contribution < -0.4 is 10.2 Å². The second kappa shape index (κ2) is 23.1. The number of anilines is 1. The SMILES string of the molecule is CC/C=C(\CCC(CC)OCCOCCC)OCC1CN(c2ccc(/C=C(\NC=O)C3=C(C(C)(F)F)CCC=C3)c(C)c2)C(=O)O1.CCCC. The standard InChI is InChI=1S/C36H50F2N2O6.C4H10/c1-6-11-30(17-16-29(8-3)44-20-19-43-18-7-2)45-24-31-23-40(35(42)46-31)28-15-14-27(26(4)21-28)22-34(39-25-41)32-12-9-10-13-33(32)36(5,37)38;1-3-4-2/h9,11-12,14-15,21-22,25,29,31H,6-8,10,13,16-20,23-24H2,1-5H3,(H,39,41);3-4H2,1-2H3/b30-11+,34-22-;. The number of nitrogens with zero attached hydrogens (tertiary/aromatic N) is 1. The summed E-state index contributed by atoms with van der Waals surface area (Å²) in [6.07, 6.45) is 14.5. The summed E-state index contributed by atoms with van der Waals surface area (Å²) in [7, 11) is 0. The minimum atomic E-state index is -3.01. The largest absolute Gasteiger partial charge is 0.494 e. The van der Waals surface area contributed by atoms with Crippen LogP contribution in [-0.4, -0.2) is 63.6 Å². The highest BCUT2D eigenvalue weighted by Crippen LogP contribution is 2.36. The number of alkyl halides is 2. The van der Waals surface area contributed by atoms with E-state index in [0.29, 0.717) is 49.5 Å². The van der Waals surface area contributed by atoms with E-state index in [-0.39, 0.29) is 24.7 Å². The predicted octanol–water partition coefficient (Wildman–Crippen LogP) is 9.83. The second-order valence-corrected chi connectivity index (χ2v) is 12.6. The summed E-state index contributed by atoms with van der Waals surface area (Å²) in [6, 6.07) is 5.42. The van der Waals surface area contributed by atoms with Crippen LogP contribution in [0.1, 0.15) is 110 Å². The molecule has 8 nitrogen and oxygen atoms in total. The molecule has 2 atom stereocenters. The van der Waals surface area contributed by atoms with Crippen LogP contribution in [0.5, 0.6) is 0 Å². The molecule has 1 saturated heterocycles. The van der Waals surface area contributed by atoms with Gasteiger partial charge in [-0.2, -0.15) is 0 Å². The van der Waals surface area contributed by atoms with Crippen molar-refractivity contribution in [3.05, 3.63) is 70.2 Å². The number of carbonyl (C=O) groups excluding carboxylic acids is 2. The lowest BCUT2D eigenvalue weighted by Crippen LogP contribution is -2.26. The zero-order valence-electron chi connectivity index (χ0n) is 31.3. The molecule has 1 aliphatic carbocycles. The molecule has 10 heteroatoms. The lowest BCUT2D eigenvalue weighted by molar-refractivity contribution is -0.108. The normalized spacial score (nSPS) is 17.3. The average Bonchev–Trinajstić information content (AvgIpc) is 3.48. The van der Waals surface area contributed by atoms with Gasteiger partial charge in [-0.25, -0.2) is 13.6 Å². The number of unbranched alkanes of at least 4 members (excludes halogenated alkanes) is 1. The minimum Gasteiger partial charge on any atom is -0.494 e. The van der Waals surface area contributed by atoms with Crippen molar-refractivity contribution in [1.82, 2.24) is 5.32 Å². The zero-order valence-corrected chi connectivity index (χ0v) is 31.3. The summed E-state index contributed by atoms with van der Waals surface area (Å²) in [5, 5.41) is 2.60. The van der Waals surface area contributed by atoms with Crippen LogP contribution in [-0.2, 0) is 23.7 Å². The first kappa shape index (κ1) is 42.7. The molecule has 1 fully saturated rings. The molecule has 2 aliphatic rings. The molecular formula is C40H60F2N2O6. The van der Waals surface area contributed by atoms with Crippen molar-refractivity contribution < 1.29 is 37.3 Å². The van der Waals surface area contributed by atoms with Gasteiger partial charge in [0.15, 0.2) is 6.10 Å². The number of hydrogen-bond acceptors (Lipinski definition) is 6. The van der Waals surface area contributed by atoms with Gasteiger partial charge in [0, 0.05) is 42.5 Å². The number of ether oxygens (including phenoxy) is 4. The number of rotatable bonds is 21. The number of benzene rings is 1. The van der Waals surface area contributed by atoms with Crippen LogP contribution in [0.4, 0.5) is 19.3 Å². The highest BCUT2D eigenvalue weighted by molar-refractivity contribution is 5.90. The maximum atomic E-state index is 14.4. The number of aryl methyl sites for hydroxylation is 1. The van der Waals surface area contributed by atoms with Gasteiger partial charge < -0.3 is 24.3 Å². The van der Waals surface area contributed by atoms with Crippen molar-refractivity contribution in [2.75, 3.05) is 37.9 Å². The maximum absolute atomic E-state index is 14.4. The fourth-order valence-electron chi connectivity index (χ4n) is 5.49. The first-order chi connectivity index (χ1) is 24.0. The quantitative estimate of drug-likeness (QED) is 0.0780. The number of carbonyl (C=O) groups is 2. The number of amides is 2. The minimum absolute atomic E-state index is 0.0127. The number of allylic oxidation sites excluding steroid dienone is 5. The van der Waals surface area contributed by atoms with E-state index >= 15 is 0 Å². The number of cyclic esters (lactones) is 1. The zero-order chi connectivity index (χ0) is 36.9. The van der Waals surface area contributed by atoms with Crippen LogP contribution in [0, 0.1) is 6.92 Å². The van der Waals surface area contributed by atoms with Crippen LogP contribution >= 0.6 is 0 Å². The molecule has 2 amide bonds. The Balaban J connectivity index is 0.00000205. The molecule has 1 N–H and O–H groups in total. The average molecular weight is 703 g/mol. The summed E-state index contributed by atoms with van der Waals surface area (Å²) in [4.78, 5) is 25.8. The van der Waals surface area contributed by atoms with Gasteiger partial charge in [0.2, 0.25) is 6.41 Å². The molecule has 0 bridgehead atoms. The Morgan fingerprint density at radius 3 is 2.50 bits per heavy atom. The fraction of sp³-hybridized carbons (Fsp3) is 0.600. The summed E-state index contributed by atoms with van der Waals surface area (Å²) < 4.78 is 52.0. The summed E-state index contributed by atoms with van der Waals surface area (Å²) in [5.41, 5.74) is 2.78. The number of halogens is 2. The molecule has 50 heavy (non-hydrogen) atoms. The Kier molecular flexibility index (Phi) is 19.7. The summed E-state index contributed by atoms with van der Waals surface area (Å²) in [6.45, 7) is 15.8. The van der Waals surface area contributed by atoms with E-state index < -0.39 is 18.1 Å². The van der Waals surface area contributed by atoms with Crippen molar-refractivity contribution in [1.29, 1.82) is 0 Å². The van der Waals surface area contributed by atoms with Crippen molar-refractivity contribution in [3.8, 4) is 0 Å². The Hall–Kier alpha value is -3.50. The van der Waals surface area contributed by atoms with Gasteiger partial charge in [-0.05, 0) is 80.9 Å². The monoisotopic (exact) mass is 702 g/mol. The fourth-order valence-corrected chi connectivity index (χ4v) is 5.49. The highest BCUT2D eigenvalue weighted by atomic mass is 19.3. The third kappa shape index (κ3) is 14.4. The van der Waals surface area contributed by atoms with Gasteiger partial charge in [-0.1, -0.05) is 65.7 Å². The van der Waals surface area contributed by atoms with Gasteiger partial charge >= 0.3 is 6.09 Å². The Bertz CT molecular complexity index is 1320. The lowest BCUT2D eigenvalue weighted by atomic mass is 9.90. The maximum Gasteiger partial charge on any atom is 0.414 e. The van der Waals surface area contributed by atoms with E-state index in [1.165, 1.54) is 12.8 Å². The Morgan fingerprint density at radius 2 is 1.88 bits per heavy atom. The first-order valence-corrected chi connectivity index (χ1v) is 18.3. The van der Waals surface area contributed by atoms with E-state index in [1.807, 2.05) is 19.1 Å². The van der Waals surface area contributed by atoms with Gasteiger partial charge in [0.25, 0.3) is 5.92 Å². The van der Waals surface area contributed by atoms with Crippen LogP contribution in [0.3, 0.4) is 0 Å². The van der Waals surface area contributed by atoms with Crippen molar-refractivity contribution in [3.63, 3.8) is 0 Å². The van der Waals surface area contributed by atoms with Crippen LogP contribution in [0.15, 0.2) is 59.0 Å². The third-order valence-electron chi connectivity index (χ3n) is 8.43. The molecule has 1 aliphatic heterocycles.